The van der Waals surface area contributed by atoms with Crippen molar-refractivity contribution in [3.63, 3.8) is 0 Å². The number of thioether (sulfide) groups is 1. The van der Waals surface area contributed by atoms with Gasteiger partial charge in [-0.25, -0.2) is 0 Å². The van der Waals surface area contributed by atoms with Crippen LogP contribution in [0.2, 0.25) is 0 Å². The van der Waals surface area contributed by atoms with Gasteiger partial charge in [0.25, 0.3) is 0 Å². The Morgan fingerprint density at radius 1 is 1.43 bits per heavy atom. The molecule has 0 atom stereocenters. The summed E-state index contributed by atoms with van der Waals surface area (Å²) in [5.74, 6) is 0.742. The SMILES string of the molecule is CCn1c(Cc2cccc(OC)c2)nnc1SCC(=O)O. The fourth-order valence-electron chi connectivity index (χ4n) is 1.97. The maximum atomic E-state index is 10.6. The Morgan fingerprint density at radius 3 is 2.90 bits per heavy atom. The molecular weight excluding hydrogens is 290 g/mol. The average Bonchev–Trinajstić information content (AvgIpc) is 2.87. The molecule has 21 heavy (non-hydrogen) atoms. The lowest BCUT2D eigenvalue weighted by Crippen LogP contribution is -2.06. The zero-order valence-corrected chi connectivity index (χ0v) is 12.8. The number of rotatable bonds is 7. The molecule has 0 fully saturated rings. The van der Waals surface area contributed by atoms with E-state index in [-0.39, 0.29) is 5.75 Å². The van der Waals surface area contributed by atoms with Crippen LogP contribution in [-0.2, 0) is 17.8 Å². The predicted octanol–water partition coefficient (Wildman–Crippen LogP) is 2.07. The number of carbonyl (C=O) groups is 1. The Morgan fingerprint density at radius 2 is 2.24 bits per heavy atom. The molecule has 112 valence electrons. The van der Waals surface area contributed by atoms with E-state index in [1.54, 1.807) is 7.11 Å². The Labute approximate surface area is 127 Å². The number of carboxylic acids is 1. The highest BCUT2D eigenvalue weighted by Crippen LogP contribution is 2.20. The molecule has 0 spiro atoms. The Hall–Kier alpha value is -2.02. The molecule has 7 heteroatoms. The monoisotopic (exact) mass is 307 g/mol. The van der Waals surface area contributed by atoms with Crippen LogP contribution in [-0.4, -0.2) is 38.7 Å². The van der Waals surface area contributed by atoms with Crippen LogP contribution in [0.5, 0.6) is 5.75 Å². The lowest BCUT2D eigenvalue weighted by atomic mass is 10.1. The molecule has 2 aromatic rings. The van der Waals surface area contributed by atoms with Crippen LogP contribution >= 0.6 is 11.8 Å². The summed E-state index contributed by atoms with van der Waals surface area (Å²) < 4.78 is 7.14. The first kappa shape index (κ1) is 15.4. The molecule has 0 aliphatic heterocycles. The van der Waals surface area contributed by atoms with Crippen molar-refractivity contribution in [2.24, 2.45) is 0 Å². The lowest BCUT2D eigenvalue weighted by Gasteiger charge is -2.07. The van der Waals surface area contributed by atoms with Gasteiger partial charge >= 0.3 is 5.97 Å². The third-order valence-corrected chi connectivity index (χ3v) is 3.88. The molecule has 0 aliphatic rings. The summed E-state index contributed by atoms with van der Waals surface area (Å²) in [5.41, 5.74) is 1.08. The standard InChI is InChI=1S/C14H17N3O3S/c1-3-17-12(15-16-14(17)21-9-13(18)19)8-10-5-4-6-11(7-10)20-2/h4-7H,3,8-9H2,1-2H3,(H,18,19). The minimum absolute atomic E-state index is 0.0166. The van der Waals surface area contributed by atoms with E-state index in [9.17, 15) is 4.79 Å². The van der Waals surface area contributed by atoms with Gasteiger partial charge in [0.15, 0.2) is 5.16 Å². The van der Waals surface area contributed by atoms with Crippen molar-refractivity contribution in [2.75, 3.05) is 12.9 Å². The molecule has 1 aromatic heterocycles. The van der Waals surface area contributed by atoms with Gasteiger partial charge in [0, 0.05) is 13.0 Å². The van der Waals surface area contributed by atoms with Crippen molar-refractivity contribution in [2.45, 2.75) is 25.0 Å². The molecule has 1 aromatic carbocycles. The fourth-order valence-corrected chi connectivity index (χ4v) is 2.71. The number of hydrogen-bond donors (Lipinski definition) is 1. The van der Waals surface area contributed by atoms with Crippen molar-refractivity contribution in [1.29, 1.82) is 0 Å². The van der Waals surface area contributed by atoms with Crippen LogP contribution in [0.1, 0.15) is 18.3 Å². The van der Waals surface area contributed by atoms with Crippen molar-refractivity contribution >= 4 is 17.7 Å². The van der Waals surface area contributed by atoms with E-state index in [1.165, 1.54) is 11.8 Å². The maximum absolute atomic E-state index is 10.6. The van der Waals surface area contributed by atoms with E-state index in [0.717, 1.165) is 17.1 Å². The zero-order valence-electron chi connectivity index (χ0n) is 11.9. The molecule has 0 bridgehead atoms. The van der Waals surface area contributed by atoms with Gasteiger partial charge in [-0.1, -0.05) is 23.9 Å². The van der Waals surface area contributed by atoms with Gasteiger partial charge in [-0.15, -0.1) is 10.2 Å². The van der Waals surface area contributed by atoms with E-state index in [2.05, 4.69) is 10.2 Å². The third-order valence-electron chi connectivity index (χ3n) is 2.93. The Balaban J connectivity index is 2.17. The molecule has 1 heterocycles. The number of methoxy groups -OCH3 is 1. The number of nitrogens with zero attached hydrogens (tertiary/aromatic N) is 3. The fraction of sp³-hybridized carbons (Fsp3) is 0.357. The van der Waals surface area contributed by atoms with E-state index < -0.39 is 5.97 Å². The van der Waals surface area contributed by atoms with Gasteiger partial charge in [0.2, 0.25) is 0 Å². The number of benzene rings is 1. The molecule has 0 saturated carbocycles. The first-order valence-electron chi connectivity index (χ1n) is 6.53. The van der Waals surface area contributed by atoms with Gasteiger partial charge in [0.1, 0.15) is 11.6 Å². The van der Waals surface area contributed by atoms with Gasteiger partial charge < -0.3 is 14.4 Å². The van der Waals surface area contributed by atoms with Crippen molar-refractivity contribution in [3.05, 3.63) is 35.7 Å². The lowest BCUT2D eigenvalue weighted by molar-refractivity contribution is -0.133. The highest BCUT2D eigenvalue weighted by Gasteiger charge is 2.13. The van der Waals surface area contributed by atoms with Crippen molar-refractivity contribution < 1.29 is 14.6 Å². The molecular formula is C14H17N3O3S. The van der Waals surface area contributed by atoms with Gasteiger partial charge in [0.05, 0.1) is 12.9 Å². The quantitative estimate of drug-likeness (QED) is 0.789. The second kappa shape index (κ2) is 7.12. The van der Waals surface area contributed by atoms with Crippen molar-refractivity contribution in [3.8, 4) is 5.75 Å². The molecule has 6 nitrogen and oxygen atoms in total. The predicted molar refractivity (Wildman–Crippen MR) is 79.9 cm³/mol. The molecule has 0 radical (unpaired) electrons. The average molecular weight is 307 g/mol. The number of aliphatic carboxylic acids is 1. The normalized spacial score (nSPS) is 10.6. The molecule has 0 aliphatic carbocycles. The summed E-state index contributed by atoms with van der Waals surface area (Å²) in [7, 11) is 1.63. The van der Waals surface area contributed by atoms with Crippen LogP contribution in [0.25, 0.3) is 0 Å². The second-order valence-corrected chi connectivity index (χ2v) is 5.30. The second-order valence-electron chi connectivity index (χ2n) is 4.35. The van der Waals surface area contributed by atoms with Crippen LogP contribution in [0.4, 0.5) is 0 Å². The van der Waals surface area contributed by atoms with Crippen molar-refractivity contribution in [1.82, 2.24) is 14.8 Å². The van der Waals surface area contributed by atoms with E-state index >= 15 is 0 Å². The topological polar surface area (TPSA) is 77.2 Å². The third kappa shape index (κ3) is 3.98. The Kier molecular flexibility index (Phi) is 5.21. The summed E-state index contributed by atoms with van der Waals surface area (Å²) in [6.45, 7) is 2.69. The van der Waals surface area contributed by atoms with Gasteiger partial charge in [-0.3, -0.25) is 4.79 Å². The smallest absolute Gasteiger partial charge is 0.313 e. The largest absolute Gasteiger partial charge is 0.497 e. The number of carboxylic acid groups (broad SMARTS) is 1. The first-order valence-corrected chi connectivity index (χ1v) is 7.52. The molecule has 2 rings (SSSR count). The van der Waals surface area contributed by atoms with Gasteiger partial charge in [-0.05, 0) is 24.6 Å². The van der Waals surface area contributed by atoms with Gasteiger partial charge in [-0.2, -0.15) is 0 Å². The maximum Gasteiger partial charge on any atom is 0.313 e. The minimum atomic E-state index is -0.861. The highest BCUT2D eigenvalue weighted by atomic mass is 32.2. The summed E-state index contributed by atoms with van der Waals surface area (Å²) in [5, 5.41) is 17.6. The summed E-state index contributed by atoms with van der Waals surface area (Å²) in [6, 6.07) is 7.78. The van der Waals surface area contributed by atoms with E-state index in [1.807, 2.05) is 35.8 Å². The summed E-state index contributed by atoms with van der Waals surface area (Å²) in [4.78, 5) is 10.6. The molecule has 0 saturated heterocycles. The number of ether oxygens (including phenoxy) is 1. The molecule has 0 amide bonds. The molecule has 1 N–H and O–H groups in total. The summed E-state index contributed by atoms with van der Waals surface area (Å²) >= 11 is 1.18. The van der Waals surface area contributed by atoms with Crippen LogP contribution in [0.3, 0.4) is 0 Å². The number of hydrogen-bond acceptors (Lipinski definition) is 5. The van der Waals surface area contributed by atoms with Crippen LogP contribution < -0.4 is 4.74 Å². The van der Waals surface area contributed by atoms with E-state index in [4.69, 9.17) is 9.84 Å². The first-order chi connectivity index (χ1) is 10.1. The minimum Gasteiger partial charge on any atom is -0.497 e. The van der Waals surface area contributed by atoms with Crippen LogP contribution in [0, 0.1) is 0 Å². The number of aromatic nitrogens is 3. The Bertz CT molecular complexity index is 628. The zero-order chi connectivity index (χ0) is 15.2. The van der Waals surface area contributed by atoms with Crippen LogP contribution in [0.15, 0.2) is 29.4 Å². The highest BCUT2D eigenvalue weighted by molar-refractivity contribution is 7.99. The van der Waals surface area contributed by atoms with E-state index in [0.29, 0.717) is 18.1 Å². The molecule has 0 unspecified atom stereocenters. The summed E-state index contributed by atoms with van der Waals surface area (Å²) in [6.07, 6.45) is 0.631.